The predicted molar refractivity (Wildman–Crippen MR) is 195 cm³/mol. The van der Waals surface area contributed by atoms with E-state index in [4.69, 9.17) is 69.3 Å². The van der Waals surface area contributed by atoms with E-state index < -0.39 is 0 Å². The number of halogens is 1. The summed E-state index contributed by atoms with van der Waals surface area (Å²) in [4.78, 5) is 23.2. The highest BCUT2D eigenvalue weighted by Gasteiger charge is 2.36. The summed E-state index contributed by atoms with van der Waals surface area (Å²) in [5.74, 6) is 1.65. The van der Waals surface area contributed by atoms with Crippen LogP contribution in [-0.2, 0) is 47.5 Å². The Morgan fingerprint density at radius 1 is 0.723 bits per heavy atom. The number of nitrogens with one attached hydrogen (secondary N) is 2. The second kappa shape index (κ2) is 23.7. The van der Waals surface area contributed by atoms with Crippen molar-refractivity contribution in [3.8, 4) is 0 Å². The van der Waals surface area contributed by atoms with Crippen LogP contribution in [0.3, 0.4) is 0 Å². The van der Waals surface area contributed by atoms with Gasteiger partial charge in [-0.1, -0.05) is 22.6 Å². The minimum Gasteiger partial charge on any atom is -0.382 e. The molecule has 2 N–H and O–H groups in total. The molecule has 4 saturated heterocycles. The molecule has 0 aromatic carbocycles. The summed E-state index contributed by atoms with van der Waals surface area (Å²) < 4.78 is 42.8. The third-order valence-corrected chi connectivity index (χ3v) is 9.89. The first-order chi connectivity index (χ1) is 22.5. The van der Waals surface area contributed by atoms with Gasteiger partial charge in [0, 0.05) is 64.0 Å². The van der Waals surface area contributed by atoms with Crippen LogP contribution in [0.1, 0.15) is 25.7 Å². The smallest absolute Gasteiger partial charge is 0.230 e. The summed E-state index contributed by atoms with van der Waals surface area (Å²) in [6, 6.07) is -1.24. The van der Waals surface area contributed by atoms with Crippen LogP contribution in [0.5, 0.6) is 0 Å². The number of ether oxygens (including phenoxy) is 8. The molecule has 19 heteroatoms. The van der Waals surface area contributed by atoms with Crippen molar-refractivity contribution in [2.24, 2.45) is 0 Å². The molecule has 0 aromatic rings. The summed E-state index contributed by atoms with van der Waals surface area (Å²) in [6.07, 6.45) is 2.51. The standard InChI is InChI=1S/C14H23B2NO5S.C8H13BINO3.C6H11BO2S/c1-19-5-10-8(3-12(15)21-10)17-14(18)7-23-6-11-9(20-2)4-13(16)22-11;1-13-4-6-5(2-7(9)14-6)11-8(12)3-10;1-8-4-2-6(7)9-5(4)3-10/h8-13H,3-7H2,1-2H3,(H,17,18);5-7H,2-4H2,1H3,(H,11,12);4-6,10H,2-3H2,1H3/t8?,9?,10-,11-,12-,13-;5?,6-,7-;4?,5-,6-/m111/s1. The second-order valence-corrected chi connectivity index (χ2v) is 13.6. The second-order valence-electron chi connectivity index (χ2n) is 11.4. The molecule has 12 atom stereocenters. The first-order valence-corrected chi connectivity index (χ1v) is 18.8. The van der Waals surface area contributed by atoms with Crippen molar-refractivity contribution in [3.05, 3.63) is 0 Å². The van der Waals surface area contributed by atoms with E-state index >= 15 is 0 Å². The van der Waals surface area contributed by atoms with E-state index in [9.17, 15) is 9.59 Å². The van der Waals surface area contributed by atoms with Crippen LogP contribution in [0.25, 0.3) is 0 Å². The SMILES string of the molecule is [B][C@H]1CC(NC(=O)CI)[C@@H](COC)O1.[B][C@H]1CC(NC(=O)CSC[C@H]2O[C@@H]([B])CC2OC)[C@@H](COC)O1.[B][C@H]1CC(OC)[C@@H](CS)O1. The Labute approximate surface area is 308 Å². The molecular weight excluding hydrogens is 759 g/mol. The Morgan fingerprint density at radius 3 is 1.57 bits per heavy atom. The number of hydrogen-bond donors (Lipinski definition) is 3. The van der Waals surface area contributed by atoms with Crippen molar-refractivity contribution >= 4 is 90.2 Å². The lowest BCUT2D eigenvalue weighted by Gasteiger charge is -2.20. The molecule has 4 unspecified atom stereocenters. The van der Waals surface area contributed by atoms with Gasteiger partial charge in [-0.3, -0.25) is 9.59 Å². The maximum atomic E-state index is 12.1. The molecule has 4 heterocycles. The zero-order valence-corrected chi connectivity index (χ0v) is 31.5. The third kappa shape index (κ3) is 15.6. The number of rotatable bonds is 14. The minimum atomic E-state index is -0.357. The van der Waals surface area contributed by atoms with Gasteiger partial charge in [-0.05, 0) is 25.7 Å². The Kier molecular flexibility index (Phi) is 21.9. The number of hydrogen-bond acceptors (Lipinski definition) is 12. The van der Waals surface area contributed by atoms with Crippen LogP contribution in [-0.4, -0.2) is 179 Å². The largest absolute Gasteiger partial charge is 0.382 e. The summed E-state index contributed by atoms with van der Waals surface area (Å²) in [6.45, 7) is 0.870. The Morgan fingerprint density at radius 2 is 1.15 bits per heavy atom. The van der Waals surface area contributed by atoms with Gasteiger partial charge < -0.3 is 48.5 Å². The molecule has 2 amide bonds. The molecule has 4 rings (SSSR count). The normalized spacial score (nSPS) is 36.2. The maximum absolute atomic E-state index is 12.1. The number of amides is 2. The van der Waals surface area contributed by atoms with E-state index in [1.54, 1.807) is 28.4 Å². The maximum Gasteiger partial charge on any atom is 0.230 e. The first kappa shape index (κ1) is 43.5. The van der Waals surface area contributed by atoms with E-state index in [0.717, 1.165) is 6.42 Å². The summed E-state index contributed by atoms with van der Waals surface area (Å²) in [5, 5.41) is 5.82. The van der Waals surface area contributed by atoms with Gasteiger partial charge in [-0.2, -0.15) is 12.6 Å². The van der Waals surface area contributed by atoms with Crippen molar-refractivity contribution in [3.63, 3.8) is 0 Å². The van der Waals surface area contributed by atoms with Crippen molar-refractivity contribution in [2.45, 2.75) is 98.4 Å². The molecule has 0 aromatic heterocycles. The highest BCUT2D eigenvalue weighted by Crippen LogP contribution is 2.25. The van der Waals surface area contributed by atoms with Gasteiger partial charge >= 0.3 is 0 Å². The molecule has 0 spiro atoms. The molecule has 4 fully saturated rings. The fraction of sp³-hybridized carbons (Fsp3) is 0.929. The molecule has 0 bridgehead atoms. The number of thiol groups is 1. The average molecular weight is 806 g/mol. The highest BCUT2D eigenvalue weighted by atomic mass is 127. The monoisotopic (exact) mass is 806 g/mol. The summed E-state index contributed by atoms with van der Waals surface area (Å²) >= 11 is 7.63. The van der Waals surface area contributed by atoms with Crippen LogP contribution in [0.2, 0.25) is 0 Å². The number of alkyl halides is 1. The van der Waals surface area contributed by atoms with Gasteiger partial charge in [0.05, 0.1) is 59.9 Å². The lowest BCUT2D eigenvalue weighted by molar-refractivity contribution is -0.120. The summed E-state index contributed by atoms with van der Waals surface area (Å²) in [7, 11) is 29.2. The molecule has 260 valence electrons. The van der Waals surface area contributed by atoms with E-state index in [-0.39, 0.29) is 84.5 Å². The lowest BCUT2D eigenvalue weighted by atomic mass is 9.95. The zero-order valence-electron chi connectivity index (χ0n) is 27.6. The number of thioether (sulfide) groups is 1. The van der Waals surface area contributed by atoms with Crippen molar-refractivity contribution in [1.82, 2.24) is 10.6 Å². The van der Waals surface area contributed by atoms with Gasteiger partial charge in [0.1, 0.15) is 43.6 Å². The van der Waals surface area contributed by atoms with Crippen molar-refractivity contribution in [2.75, 3.05) is 63.3 Å². The van der Waals surface area contributed by atoms with E-state index in [0.29, 0.717) is 54.2 Å². The van der Waals surface area contributed by atoms with Crippen molar-refractivity contribution < 1.29 is 47.5 Å². The van der Waals surface area contributed by atoms with Crippen LogP contribution in [0, 0.1) is 0 Å². The van der Waals surface area contributed by atoms with Gasteiger partial charge in [0.25, 0.3) is 0 Å². The molecule has 0 aliphatic carbocycles. The molecule has 8 radical (unpaired) electrons. The predicted octanol–water partition coefficient (Wildman–Crippen LogP) is -0.516. The van der Waals surface area contributed by atoms with Crippen molar-refractivity contribution in [1.29, 1.82) is 0 Å². The van der Waals surface area contributed by atoms with E-state index in [2.05, 4.69) is 23.3 Å². The molecule has 12 nitrogen and oxygen atoms in total. The third-order valence-electron chi connectivity index (χ3n) is 7.80. The van der Waals surface area contributed by atoms with Gasteiger partial charge in [0.2, 0.25) is 11.8 Å². The number of carbonyl (C=O) groups excluding carboxylic acids is 2. The van der Waals surface area contributed by atoms with Gasteiger partial charge in [0.15, 0.2) is 0 Å². The number of carbonyl (C=O) groups is 2. The Balaban J connectivity index is 0.000000271. The molecular formula is C28H47B4IN2O10S2. The highest BCUT2D eigenvalue weighted by molar-refractivity contribution is 14.1. The Hall–Kier alpha value is 0.310. The van der Waals surface area contributed by atoms with Crippen LogP contribution < -0.4 is 10.6 Å². The van der Waals surface area contributed by atoms with Crippen LogP contribution in [0.4, 0.5) is 0 Å². The molecule has 4 aliphatic rings. The molecule has 47 heavy (non-hydrogen) atoms. The quantitative estimate of drug-likeness (QED) is 0.0909. The average Bonchev–Trinajstić information content (AvgIpc) is 3.79. The van der Waals surface area contributed by atoms with Gasteiger partial charge in [-0.15, -0.1) is 11.8 Å². The van der Waals surface area contributed by atoms with Gasteiger partial charge in [-0.25, -0.2) is 0 Å². The fourth-order valence-corrected chi connectivity index (χ4v) is 7.01. The van der Waals surface area contributed by atoms with E-state index in [1.165, 1.54) is 11.8 Å². The fourth-order valence-electron chi connectivity index (χ4n) is 5.56. The number of methoxy groups -OCH3 is 4. The topological polar surface area (TPSA) is 132 Å². The van der Waals surface area contributed by atoms with Crippen LogP contribution in [0.15, 0.2) is 0 Å². The first-order valence-electron chi connectivity index (χ1n) is 15.5. The zero-order chi connectivity index (χ0) is 34.9. The lowest BCUT2D eigenvalue weighted by Crippen LogP contribution is -2.43. The van der Waals surface area contributed by atoms with Crippen LogP contribution >= 0.6 is 47.0 Å². The van der Waals surface area contributed by atoms with E-state index in [1.807, 2.05) is 22.6 Å². The molecule has 4 aliphatic heterocycles. The Bertz CT molecular complexity index is 904. The molecule has 0 saturated carbocycles. The summed E-state index contributed by atoms with van der Waals surface area (Å²) in [5.41, 5.74) is 0. The minimum absolute atomic E-state index is 0.00660.